The first kappa shape index (κ1) is 17.6. The van der Waals surface area contributed by atoms with E-state index >= 15 is 0 Å². The molecule has 2 aromatic heterocycles. The Kier molecular flexibility index (Phi) is 5.28. The van der Waals surface area contributed by atoms with Gasteiger partial charge in [0.25, 0.3) is 5.56 Å². The maximum absolute atomic E-state index is 12.9. The van der Waals surface area contributed by atoms with Crippen LogP contribution < -0.4 is 15.6 Å². The molecular formula is C19H20N4O3. The number of fused-ring (bicyclic) bond motifs is 1. The minimum atomic E-state index is -0.226. The zero-order valence-corrected chi connectivity index (χ0v) is 14.6. The van der Waals surface area contributed by atoms with Gasteiger partial charge in [-0.25, -0.2) is 4.98 Å². The van der Waals surface area contributed by atoms with E-state index in [9.17, 15) is 4.79 Å². The van der Waals surface area contributed by atoms with Gasteiger partial charge in [-0.05, 0) is 42.8 Å². The summed E-state index contributed by atoms with van der Waals surface area (Å²) in [6.45, 7) is 2.04. The predicted octanol–water partition coefficient (Wildman–Crippen LogP) is 2.17. The van der Waals surface area contributed by atoms with Crippen molar-refractivity contribution >= 4 is 23.4 Å². The Labute approximate surface area is 150 Å². The van der Waals surface area contributed by atoms with Gasteiger partial charge in [-0.3, -0.25) is 14.2 Å². The molecule has 2 heterocycles. The average Bonchev–Trinajstić information content (AvgIpc) is 2.66. The number of aliphatic hydroxyl groups excluding tert-OH is 1. The quantitative estimate of drug-likeness (QED) is 0.664. The fourth-order valence-corrected chi connectivity index (χ4v) is 2.55. The van der Waals surface area contributed by atoms with Crippen molar-refractivity contribution < 1.29 is 9.84 Å². The smallest absolute Gasteiger partial charge is 0.268 e. The second-order valence-electron chi connectivity index (χ2n) is 5.68. The van der Waals surface area contributed by atoms with Gasteiger partial charge in [-0.15, -0.1) is 0 Å². The summed E-state index contributed by atoms with van der Waals surface area (Å²) in [5, 5.41) is 12.1. The molecule has 0 bridgehead atoms. The highest BCUT2D eigenvalue weighted by atomic mass is 16.5. The van der Waals surface area contributed by atoms with Crippen LogP contribution in [0.2, 0.25) is 0 Å². The lowest BCUT2D eigenvalue weighted by Gasteiger charge is -2.12. The molecule has 7 nitrogen and oxygen atoms in total. The summed E-state index contributed by atoms with van der Waals surface area (Å²) in [6.07, 6.45) is 3.13. The fraction of sp³-hybridized carbons (Fsp3) is 0.211. The second-order valence-corrected chi connectivity index (χ2v) is 5.68. The van der Waals surface area contributed by atoms with E-state index in [1.807, 2.05) is 37.3 Å². The minimum absolute atomic E-state index is 0.0841. The van der Waals surface area contributed by atoms with Crippen molar-refractivity contribution in [3.05, 3.63) is 64.1 Å². The molecule has 3 rings (SSSR count). The number of benzene rings is 1. The maximum Gasteiger partial charge on any atom is 0.268 e. The van der Waals surface area contributed by atoms with Crippen LogP contribution in [0.15, 0.2) is 52.4 Å². The van der Waals surface area contributed by atoms with E-state index in [2.05, 4.69) is 15.3 Å². The highest BCUT2D eigenvalue weighted by Crippen LogP contribution is 2.20. The predicted molar refractivity (Wildman–Crippen MR) is 102 cm³/mol. The summed E-state index contributed by atoms with van der Waals surface area (Å²) >= 11 is 0. The van der Waals surface area contributed by atoms with Gasteiger partial charge in [-0.1, -0.05) is 6.07 Å². The topological polar surface area (TPSA) is 88.2 Å². The number of aliphatic imine (C=N–C) groups is 1. The molecule has 0 saturated heterocycles. The zero-order valence-electron chi connectivity index (χ0n) is 14.6. The number of rotatable bonds is 6. The number of nitrogens with zero attached hydrogens (tertiary/aromatic N) is 3. The van der Waals surface area contributed by atoms with E-state index in [0.29, 0.717) is 17.0 Å². The van der Waals surface area contributed by atoms with Crippen molar-refractivity contribution in [3.8, 4) is 5.75 Å². The first-order valence-corrected chi connectivity index (χ1v) is 8.18. The van der Waals surface area contributed by atoms with Crippen molar-refractivity contribution in [2.24, 2.45) is 4.99 Å². The van der Waals surface area contributed by atoms with Gasteiger partial charge in [0.05, 0.1) is 20.3 Å². The van der Waals surface area contributed by atoms with Gasteiger partial charge in [0.15, 0.2) is 0 Å². The summed E-state index contributed by atoms with van der Waals surface area (Å²) in [4.78, 5) is 21.6. The number of aliphatic hydroxyl groups is 1. The van der Waals surface area contributed by atoms with Crippen LogP contribution in [0, 0.1) is 6.92 Å². The standard InChI is InChI=1S/C19H20N4O3/c1-13-4-3-10-23-18(13)22-17(16(19(23)25)12-20-9-11-24)21-14-5-7-15(26-2)8-6-14/h3-8,10,12,21,24H,9,11H2,1-2H3. The first-order valence-electron chi connectivity index (χ1n) is 8.18. The highest BCUT2D eigenvalue weighted by molar-refractivity contribution is 5.88. The molecule has 0 atom stereocenters. The summed E-state index contributed by atoms with van der Waals surface area (Å²) in [7, 11) is 1.60. The molecule has 134 valence electrons. The van der Waals surface area contributed by atoms with Gasteiger partial charge in [-0.2, -0.15) is 0 Å². The lowest BCUT2D eigenvalue weighted by Crippen LogP contribution is -2.22. The third kappa shape index (κ3) is 3.57. The van der Waals surface area contributed by atoms with E-state index in [1.54, 1.807) is 19.4 Å². The molecule has 0 radical (unpaired) electrons. The number of methoxy groups -OCH3 is 1. The molecule has 0 amide bonds. The molecule has 0 fully saturated rings. The Morgan fingerprint density at radius 1 is 1.31 bits per heavy atom. The molecular weight excluding hydrogens is 332 g/mol. The Morgan fingerprint density at radius 2 is 2.08 bits per heavy atom. The third-order valence-corrected chi connectivity index (χ3v) is 3.89. The Bertz CT molecular complexity index is 994. The van der Waals surface area contributed by atoms with Gasteiger partial charge in [0.2, 0.25) is 0 Å². The van der Waals surface area contributed by atoms with E-state index in [1.165, 1.54) is 10.6 Å². The molecule has 3 aromatic rings. The number of aryl methyl sites for hydroxylation is 1. The molecule has 0 aliphatic heterocycles. The van der Waals surface area contributed by atoms with Gasteiger partial charge in [0.1, 0.15) is 22.8 Å². The molecule has 26 heavy (non-hydrogen) atoms. The third-order valence-electron chi connectivity index (χ3n) is 3.89. The van der Waals surface area contributed by atoms with Crippen LogP contribution in [0.4, 0.5) is 11.5 Å². The van der Waals surface area contributed by atoms with Crippen LogP contribution >= 0.6 is 0 Å². The average molecular weight is 352 g/mol. The molecule has 0 saturated carbocycles. The fourth-order valence-electron chi connectivity index (χ4n) is 2.55. The Hall–Kier alpha value is -3.19. The summed E-state index contributed by atoms with van der Waals surface area (Å²) in [6, 6.07) is 11.0. The van der Waals surface area contributed by atoms with Gasteiger partial charge in [0, 0.05) is 18.1 Å². The molecule has 7 heteroatoms. The number of pyridine rings is 1. The van der Waals surface area contributed by atoms with Crippen LogP contribution in [-0.4, -0.2) is 41.0 Å². The number of ether oxygens (including phenoxy) is 1. The minimum Gasteiger partial charge on any atom is -0.497 e. The monoisotopic (exact) mass is 352 g/mol. The van der Waals surface area contributed by atoms with Crippen molar-refractivity contribution in [2.75, 3.05) is 25.6 Å². The van der Waals surface area contributed by atoms with Crippen LogP contribution in [0.5, 0.6) is 5.75 Å². The van der Waals surface area contributed by atoms with E-state index in [-0.39, 0.29) is 18.7 Å². The van der Waals surface area contributed by atoms with E-state index in [0.717, 1.165) is 17.0 Å². The van der Waals surface area contributed by atoms with Crippen LogP contribution in [-0.2, 0) is 0 Å². The normalized spacial score (nSPS) is 11.2. The van der Waals surface area contributed by atoms with E-state index < -0.39 is 0 Å². The molecule has 0 aliphatic rings. The molecule has 1 aromatic carbocycles. The summed E-state index contributed by atoms with van der Waals surface area (Å²) in [5.41, 5.74) is 2.34. The van der Waals surface area contributed by atoms with Crippen molar-refractivity contribution in [3.63, 3.8) is 0 Å². The van der Waals surface area contributed by atoms with E-state index in [4.69, 9.17) is 9.84 Å². The number of anilines is 2. The van der Waals surface area contributed by atoms with Gasteiger partial charge < -0.3 is 15.2 Å². The number of aromatic nitrogens is 2. The lowest BCUT2D eigenvalue weighted by molar-refractivity contribution is 0.307. The van der Waals surface area contributed by atoms with Crippen LogP contribution in [0.25, 0.3) is 5.65 Å². The largest absolute Gasteiger partial charge is 0.497 e. The second kappa shape index (κ2) is 7.79. The maximum atomic E-state index is 12.9. The lowest BCUT2D eigenvalue weighted by atomic mass is 10.2. The number of nitrogens with one attached hydrogen (secondary N) is 1. The van der Waals surface area contributed by atoms with Crippen molar-refractivity contribution in [1.29, 1.82) is 0 Å². The van der Waals surface area contributed by atoms with Gasteiger partial charge >= 0.3 is 0 Å². The number of hydrogen-bond donors (Lipinski definition) is 2. The van der Waals surface area contributed by atoms with Crippen LogP contribution in [0.3, 0.4) is 0 Å². The number of hydrogen-bond acceptors (Lipinski definition) is 6. The molecule has 0 spiro atoms. The zero-order chi connectivity index (χ0) is 18.5. The molecule has 0 aliphatic carbocycles. The highest BCUT2D eigenvalue weighted by Gasteiger charge is 2.13. The SMILES string of the molecule is COc1ccc(Nc2nc3c(C)cccn3c(=O)c2C=NCCO)cc1. The molecule has 2 N–H and O–H groups in total. The van der Waals surface area contributed by atoms with Crippen molar-refractivity contribution in [2.45, 2.75) is 6.92 Å². The summed E-state index contributed by atoms with van der Waals surface area (Å²) < 4.78 is 6.65. The summed E-state index contributed by atoms with van der Waals surface area (Å²) in [5.74, 6) is 1.15. The molecule has 0 unspecified atom stereocenters. The van der Waals surface area contributed by atoms with Crippen LogP contribution in [0.1, 0.15) is 11.1 Å². The Balaban J connectivity index is 2.12. The Morgan fingerprint density at radius 3 is 2.77 bits per heavy atom. The van der Waals surface area contributed by atoms with Crippen molar-refractivity contribution in [1.82, 2.24) is 9.38 Å². The first-order chi connectivity index (χ1) is 12.6.